The van der Waals surface area contributed by atoms with Gasteiger partial charge >= 0.3 is 0 Å². The molecule has 1 fully saturated rings. The third-order valence-electron chi connectivity index (χ3n) is 4.16. The van der Waals surface area contributed by atoms with Gasteiger partial charge in [-0.3, -0.25) is 19.8 Å². The molecule has 0 aromatic heterocycles. The molecule has 1 heterocycles. The Hall–Kier alpha value is -2.74. The van der Waals surface area contributed by atoms with E-state index in [-0.39, 0.29) is 39.6 Å². The van der Waals surface area contributed by atoms with Crippen LogP contribution in [0.4, 0.5) is 4.39 Å². The molecule has 0 unspecified atom stereocenters. The number of benzene rings is 2. The van der Waals surface area contributed by atoms with Crippen LogP contribution in [-0.2, 0) is 16.2 Å². The Bertz CT molecular complexity index is 1060. The maximum Gasteiger partial charge on any atom is 0.265 e. The van der Waals surface area contributed by atoms with Crippen molar-refractivity contribution in [3.63, 3.8) is 0 Å². The number of carbonyl (C=O) groups is 2. The fraction of sp³-hybridized carbons (Fsp3) is 0.0952. The van der Waals surface area contributed by atoms with E-state index in [4.69, 9.17) is 40.2 Å². The molecule has 0 spiro atoms. The first-order valence-electron chi connectivity index (χ1n) is 8.67. The van der Waals surface area contributed by atoms with E-state index in [1.165, 1.54) is 35.3 Å². The molecule has 9 heteroatoms. The van der Waals surface area contributed by atoms with Gasteiger partial charge in [-0.25, -0.2) is 4.39 Å². The Morgan fingerprint density at radius 2 is 1.87 bits per heavy atom. The zero-order chi connectivity index (χ0) is 21.8. The molecule has 0 atom stereocenters. The predicted octanol–water partition coefficient (Wildman–Crippen LogP) is 4.52. The third-order valence-corrected chi connectivity index (χ3v) is 5.04. The van der Waals surface area contributed by atoms with Gasteiger partial charge in [-0.15, -0.1) is 6.58 Å². The summed E-state index contributed by atoms with van der Waals surface area (Å²) in [6, 6.07) is 9.15. The Labute approximate surface area is 187 Å². The maximum atomic E-state index is 13.8. The Morgan fingerprint density at radius 3 is 2.50 bits per heavy atom. The minimum atomic E-state index is -0.627. The lowest BCUT2D eigenvalue weighted by atomic mass is 10.1. The van der Waals surface area contributed by atoms with Crippen LogP contribution in [0, 0.1) is 5.82 Å². The Kier molecular flexibility index (Phi) is 6.87. The first kappa shape index (κ1) is 22.0. The summed E-state index contributed by atoms with van der Waals surface area (Å²) in [7, 11) is 0. The highest BCUT2D eigenvalue weighted by Gasteiger charge is 2.32. The van der Waals surface area contributed by atoms with Crippen molar-refractivity contribution in [3.05, 3.63) is 81.6 Å². The highest BCUT2D eigenvalue weighted by atomic mass is 35.5. The number of carbonyl (C=O) groups excluding carboxylic acids is 2. The van der Waals surface area contributed by atoms with Gasteiger partial charge in [-0.05, 0) is 42.1 Å². The average Bonchev–Trinajstić information content (AvgIpc) is 2.69. The number of hydrogen-bond acceptors (Lipinski definition) is 4. The SMILES string of the molecule is C=CCN1C(=O)/C(=C/c2cc(Cl)c(OCc3ccccc3F)c(Cl)c2)C(=O)NC1=S. The minimum Gasteiger partial charge on any atom is -0.486 e. The van der Waals surface area contributed by atoms with Crippen LogP contribution in [0.15, 0.2) is 54.6 Å². The summed E-state index contributed by atoms with van der Waals surface area (Å²) in [5.74, 6) is -1.43. The highest BCUT2D eigenvalue weighted by Crippen LogP contribution is 2.35. The van der Waals surface area contributed by atoms with E-state index in [9.17, 15) is 14.0 Å². The monoisotopic (exact) mass is 464 g/mol. The molecular weight excluding hydrogens is 450 g/mol. The van der Waals surface area contributed by atoms with Crippen LogP contribution in [0.1, 0.15) is 11.1 Å². The van der Waals surface area contributed by atoms with Gasteiger partial charge in [0.25, 0.3) is 11.8 Å². The van der Waals surface area contributed by atoms with Crippen molar-refractivity contribution in [1.29, 1.82) is 0 Å². The number of hydrogen-bond donors (Lipinski definition) is 1. The van der Waals surface area contributed by atoms with Gasteiger partial charge in [0.05, 0.1) is 10.0 Å². The number of rotatable bonds is 6. The van der Waals surface area contributed by atoms with Crippen molar-refractivity contribution >= 4 is 58.4 Å². The normalized spacial score (nSPS) is 15.4. The van der Waals surface area contributed by atoms with E-state index < -0.39 is 17.6 Å². The van der Waals surface area contributed by atoms with E-state index in [1.807, 2.05) is 0 Å². The lowest BCUT2D eigenvalue weighted by Crippen LogP contribution is -2.53. The van der Waals surface area contributed by atoms with Crippen molar-refractivity contribution < 1.29 is 18.7 Å². The van der Waals surface area contributed by atoms with Gasteiger partial charge in [0.2, 0.25) is 0 Å². The largest absolute Gasteiger partial charge is 0.486 e. The van der Waals surface area contributed by atoms with Crippen LogP contribution >= 0.6 is 35.4 Å². The molecule has 0 radical (unpaired) electrons. The van der Waals surface area contributed by atoms with Crippen molar-refractivity contribution in [2.24, 2.45) is 0 Å². The van der Waals surface area contributed by atoms with Crippen LogP contribution in [0.5, 0.6) is 5.75 Å². The first-order valence-corrected chi connectivity index (χ1v) is 9.83. The maximum absolute atomic E-state index is 13.8. The number of thiocarbonyl (C=S) groups is 1. The number of halogens is 3. The van der Waals surface area contributed by atoms with Gasteiger partial charge in [0.1, 0.15) is 18.0 Å². The summed E-state index contributed by atoms with van der Waals surface area (Å²) >= 11 is 17.6. The van der Waals surface area contributed by atoms with E-state index >= 15 is 0 Å². The second kappa shape index (κ2) is 9.38. The molecule has 2 amide bonds. The highest BCUT2D eigenvalue weighted by molar-refractivity contribution is 7.80. The smallest absolute Gasteiger partial charge is 0.265 e. The topological polar surface area (TPSA) is 58.6 Å². The number of nitrogens with zero attached hydrogens (tertiary/aromatic N) is 1. The van der Waals surface area contributed by atoms with E-state index in [0.29, 0.717) is 11.1 Å². The molecule has 154 valence electrons. The summed E-state index contributed by atoms with van der Waals surface area (Å²) in [5.41, 5.74) is 0.629. The second-order valence-electron chi connectivity index (χ2n) is 6.22. The molecular formula is C21H15Cl2FN2O3S. The van der Waals surface area contributed by atoms with Crippen molar-refractivity contribution in [3.8, 4) is 5.75 Å². The zero-order valence-electron chi connectivity index (χ0n) is 15.5. The van der Waals surface area contributed by atoms with E-state index in [2.05, 4.69) is 11.9 Å². The number of nitrogens with one attached hydrogen (secondary N) is 1. The first-order chi connectivity index (χ1) is 14.3. The molecule has 30 heavy (non-hydrogen) atoms. The van der Waals surface area contributed by atoms with Gasteiger partial charge < -0.3 is 4.74 Å². The average molecular weight is 465 g/mol. The van der Waals surface area contributed by atoms with Crippen LogP contribution < -0.4 is 10.1 Å². The number of ether oxygens (including phenoxy) is 1. The van der Waals surface area contributed by atoms with E-state index in [1.54, 1.807) is 18.2 Å². The molecule has 2 aromatic rings. The molecule has 3 rings (SSSR count). The Morgan fingerprint density at radius 1 is 1.20 bits per heavy atom. The third kappa shape index (κ3) is 4.70. The van der Waals surface area contributed by atoms with Crippen molar-refractivity contribution in [2.45, 2.75) is 6.61 Å². The molecule has 5 nitrogen and oxygen atoms in total. The van der Waals surface area contributed by atoms with Crippen LogP contribution in [0.2, 0.25) is 10.0 Å². The zero-order valence-corrected chi connectivity index (χ0v) is 17.8. The molecule has 0 saturated carbocycles. The minimum absolute atomic E-state index is 0.00927. The quantitative estimate of drug-likeness (QED) is 0.295. The van der Waals surface area contributed by atoms with Crippen LogP contribution in [0.3, 0.4) is 0 Å². The Balaban J connectivity index is 1.86. The van der Waals surface area contributed by atoms with Crippen LogP contribution in [0.25, 0.3) is 6.08 Å². The summed E-state index contributed by atoms with van der Waals surface area (Å²) in [4.78, 5) is 26.0. The molecule has 1 aliphatic heterocycles. The molecule has 1 N–H and O–H groups in total. The van der Waals surface area contributed by atoms with Gasteiger partial charge in [-0.2, -0.15) is 0 Å². The molecule has 1 aliphatic rings. The lowest BCUT2D eigenvalue weighted by Gasteiger charge is -2.27. The molecule has 0 aliphatic carbocycles. The molecule has 2 aromatic carbocycles. The standard InChI is InChI=1S/C21H15Cl2FN2O3S/c1-2-7-26-20(28)14(19(27)25-21(26)30)8-12-9-15(22)18(16(23)10-12)29-11-13-5-3-4-6-17(13)24/h2-6,8-10H,1,7,11H2,(H,25,27,30)/b14-8+. The predicted molar refractivity (Wildman–Crippen MR) is 118 cm³/mol. The fourth-order valence-electron chi connectivity index (χ4n) is 2.72. The van der Waals surface area contributed by atoms with Crippen molar-refractivity contribution in [1.82, 2.24) is 10.2 Å². The van der Waals surface area contributed by atoms with Crippen LogP contribution in [-0.4, -0.2) is 28.4 Å². The molecule has 1 saturated heterocycles. The van der Waals surface area contributed by atoms with Crippen molar-refractivity contribution in [2.75, 3.05) is 6.54 Å². The van der Waals surface area contributed by atoms with E-state index in [0.717, 1.165) is 0 Å². The fourth-order valence-corrected chi connectivity index (χ4v) is 3.58. The summed E-state index contributed by atoms with van der Waals surface area (Å²) in [6.45, 7) is 3.66. The second-order valence-corrected chi connectivity index (χ2v) is 7.42. The van der Waals surface area contributed by atoms with Gasteiger partial charge in [0, 0.05) is 12.1 Å². The summed E-state index contributed by atoms with van der Waals surface area (Å²) < 4.78 is 19.3. The van der Waals surface area contributed by atoms with Gasteiger partial charge in [-0.1, -0.05) is 47.5 Å². The summed E-state index contributed by atoms with van der Waals surface area (Å²) in [6.07, 6.45) is 2.85. The summed E-state index contributed by atoms with van der Waals surface area (Å²) in [5, 5.41) is 2.76. The number of amides is 2. The van der Waals surface area contributed by atoms with Gasteiger partial charge in [0.15, 0.2) is 10.9 Å². The lowest BCUT2D eigenvalue weighted by molar-refractivity contribution is -0.128. The molecule has 0 bridgehead atoms.